The molecule has 4 aliphatic rings. The van der Waals surface area contributed by atoms with Crippen molar-refractivity contribution in [3.05, 3.63) is 88.2 Å². The van der Waals surface area contributed by atoms with Crippen LogP contribution >= 0.6 is 0 Å². The van der Waals surface area contributed by atoms with E-state index in [1.165, 1.54) is 87.0 Å². The SMILES string of the molecule is CC.CC.CN1[CH-]N(CCCCCCN2[CH-]N(C)c3ccccc32)c2ccccc21.[CH3-].[CH3-].[NH-]C1CCCCC1.[NH-]C1CCCCC1.[Pt].[Pt]. The molecule has 0 unspecified atom stereocenters. The van der Waals surface area contributed by atoms with Gasteiger partial charge in [-0.05, 0) is 64.3 Å². The van der Waals surface area contributed by atoms with Gasteiger partial charge in [0, 0.05) is 64.9 Å². The van der Waals surface area contributed by atoms with Gasteiger partial charge in [-0.25, -0.2) is 0 Å². The largest absolute Gasteiger partial charge is 0.675 e. The second-order valence-electron chi connectivity index (χ2n) is 11.9. The van der Waals surface area contributed by atoms with Crippen LogP contribution in [-0.2, 0) is 42.1 Å². The molecular formula is C40H70N6Pt2-6. The number of nitrogens with zero attached hydrogens (tertiary/aromatic N) is 4. The van der Waals surface area contributed by atoms with Gasteiger partial charge in [0.25, 0.3) is 0 Å². The van der Waals surface area contributed by atoms with E-state index in [9.17, 15) is 0 Å². The summed E-state index contributed by atoms with van der Waals surface area (Å²) in [6, 6.07) is 17.8. The summed E-state index contributed by atoms with van der Waals surface area (Å²) in [5.41, 5.74) is 19.8. The summed E-state index contributed by atoms with van der Waals surface area (Å²) in [5, 5.41) is 0. The molecule has 2 saturated carbocycles. The molecule has 2 aromatic carbocycles. The van der Waals surface area contributed by atoms with Gasteiger partial charge in [0.1, 0.15) is 0 Å². The molecule has 0 radical (unpaired) electrons. The zero-order valence-corrected chi connectivity index (χ0v) is 36.2. The van der Waals surface area contributed by atoms with Crippen LogP contribution in [0.15, 0.2) is 48.5 Å². The fraction of sp³-hybridized carbons (Fsp3) is 0.600. The molecule has 48 heavy (non-hydrogen) atoms. The van der Waals surface area contributed by atoms with Crippen LogP contribution in [-0.4, -0.2) is 39.3 Å². The molecule has 2 aromatic rings. The van der Waals surface area contributed by atoms with Crippen molar-refractivity contribution in [2.45, 2.75) is 130 Å². The van der Waals surface area contributed by atoms with Crippen LogP contribution in [0.1, 0.15) is 118 Å². The summed E-state index contributed by atoms with van der Waals surface area (Å²) in [6.45, 7) is 14.6. The third kappa shape index (κ3) is 17.7. The van der Waals surface area contributed by atoms with Crippen molar-refractivity contribution in [2.24, 2.45) is 0 Å². The Kier molecular flexibility index (Phi) is 32.9. The molecule has 2 aliphatic carbocycles. The van der Waals surface area contributed by atoms with Crippen molar-refractivity contribution < 1.29 is 42.1 Å². The minimum atomic E-state index is 0. The maximum absolute atomic E-state index is 7.27. The van der Waals surface area contributed by atoms with Gasteiger partial charge in [-0.3, -0.25) is 0 Å². The van der Waals surface area contributed by atoms with Crippen molar-refractivity contribution in [1.82, 2.24) is 0 Å². The van der Waals surface area contributed by atoms with E-state index in [2.05, 4.69) is 95.6 Å². The van der Waals surface area contributed by atoms with Gasteiger partial charge in [0.2, 0.25) is 0 Å². The molecule has 6 nitrogen and oxygen atoms in total. The number of unbranched alkanes of at least 4 members (excludes halogenated alkanes) is 3. The minimum absolute atomic E-state index is 0. The van der Waals surface area contributed by atoms with Gasteiger partial charge in [0.15, 0.2) is 0 Å². The molecule has 8 heteroatoms. The number of hydrogen-bond donors (Lipinski definition) is 0. The minimum Gasteiger partial charge on any atom is -0.675 e. The molecule has 286 valence electrons. The fourth-order valence-corrected chi connectivity index (χ4v) is 6.16. The van der Waals surface area contributed by atoms with Crippen LogP contribution in [0.5, 0.6) is 0 Å². The predicted octanol–water partition coefficient (Wildman–Crippen LogP) is 12.4. The molecule has 2 heterocycles. The normalized spacial score (nSPS) is 16.1. The van der Waals surface area contributed by atoms with Crippen molar-refractivity contribution in [1.29, 1.82) is 0 Å². The number of para-hydroxylation sites is 4. The molecule has 2 aliphatic heterocycles. The van der Waals surface area contributed by atoms with Crippen LogP contribution in [0, 0.1) is 28.2 Å². The van der Waals surface area contributed by atoms with Crippen LogP contribution in [0.2, 0.25) is 0 Å². The Morgan fingerprint density at radius 2 is 0.812 bits per heavy atom. The van der Waals surface area contributed by atoms with Gasteiger partial charge in [-0.2, -0.15) is 13.3 Å². The number of nitrogens with one attached hydrogen (secondary N) is 2. The van der Waals surface area contributed by atoms with Crippen molar-refractivity contribution in [3.8, 4) is 0 Å². The van der Waals surface area contributed by atoms with Crippen LogP contribution in [0.25, 0.3) is 11.5 Å². The molecule has 0 atom stereocenters. The summed E-state index contributed by atoms with van der Waals surface area (Å²) in [5.74, 6) is 0. The van der Waals surface area contributed by atoms with Gasteiger partial charge in [0.05, 0.1) is 0 Å². The average Bonchev–Trinajstić information content (AvgIpc) is 3.57. The first kappa shape index (κ1) is 51.3. The van der Waals surface area contributed by atoms with E-state index < -0.39 is 0 Å². The number of rotatable bonds is 7. The van der Waals surface area contributed by atoms with Crippen molar-refractivity contribution in [3.63, 3.8) is 0 Å². The van der Waals surface area contributed by atoms with Gasteiger partial charge < -0.3 is 45.9 Å². The Morgan fingerprint density at radius 1 is 0.521 bits per heavy atom. The molecule has 2 fully saturated rings. The molecule has 6 rings (SSSR count). The predicted molar refractivity (Wildman–Crippen MR) is 209 cm³/mol. The molecule has 2 N–H and O–H groups in total. The first-order valence-electron chi connectivity index (χ1n) is 17.8. The Hall–Kier alpha value is -1.06. The number of anilines is 4. The summed E-state index contributed by atoms with van der Waals surface area (Å²) in [6.07, 6.45) is 17.6. The molecule has 0 aromatic heterocycles. The third-order valence-electron chi connectivity index (χ3n) is 8.53. The van der Waals surface area contributed by atoms with Crippen molar-refractivity contribution >= 4 is 22.7 Å². The third-order valence-corrected chi connectivity index (χ3v) is 8.53. The first-order chi connectivity index (χ1) is 21.5. The van der Waals surface area contributed by atoms with Crippen LogP contribution < -0.4 is 19.6 Å². The summed E-state index contributed by atoms with van der Waals surface area (Å²) >= 11 is 0. The van der Waals surface area contributed by atoms with E-state index in [1.54, 1.807) is 0 Å². The van der Waals surface area contributed by atoms with Crippen LogP contribution in [0.4, 0.5) is 22.7 Å². The Labute approximate surface area is 327 Å². The zero-order chi connectivity index (χ0) is 32.2. The van der Waals surface area contributed by atoms with E-state index in [0.717, 1.165) is 38.8 Å². The van der Waals surface area contributed by atoms with E-state index in [-0.39, 0.29) is 69.1 Å². The number of benzene rings is 2. The van der Waals surface area contributed by atoms with E-state index in [1.807, 2.05) is 27.7 Å². The zero-order valence-electron chi connectivity index (χ0n) is 31.7. The van der Waals surface area contributed by atoms with Gasteiger partial charge in [-0.1, -0.05) is 129 Å². The Balaban J connectivity index is -0.000000766. The monoisotopic (exact) mass is 1020 g/mol. The second kappa shape index (κ2) is 30.7. The molecule has 0 spiro atoms. The fourth-order valence-electron chi connectivity index (χ4n) is 6.16. The molecule has 0 saturated heterocycles. The first-order valence-corrected chi connectivity index (χ1v) is 17.8. The summed E-state index contributed by atoms with van der Waals surface area (Å²) in [4.78, 5) is 9.20. The molecule has 0 bridgehead atoms. The molecular weight excluding hydrogens is 955 g/mol. The summed E-state index contributed by atoms with van der Waals surface area (Å²) < 4.78 is 0. The smallest absolute Gasteiger partial charge is 0.0299 e. The second-order valence-corrected chi connectivity index (χ2v) is 11.9. The van der Waals surface area contributed by atoms with Crippen LogP contribution in [0.3, 0.4) is 0 Å². The maximum Gasteiger partial charge on any atom is 0.0299 e. The van der Waals surface area contributed by atoms with E-state index in [0.29, 0.717) is 0 Å². The maximum atomic E-state index is 7.27. The topological polar surface area (TPSA) is 60.6 Å². The molecule has 0 amide bonds. The number of fused-ring (bicyclic) bond motifs is 2. The standard InChI is InChI=1S/C22H28N4.2C6H12N.2C2H6.2CH3.2Pt/c1-23-17-25(21-13-7-5-11-19(21)23)15-9-3-4-10-16-26-18-24(2)20-12-6-8-14-22(20)26;2*7-6-4-2-1-3-5-6;2*1-2;;;;/h5-8,11-14,17-18H,3-4,9-10,15-16H2,1-2H3;2*6-7H,1-5H2;2*1-2H3;2*1H3;;/q-2;2*-1;;;2*-1;;. The van der Waals surface area contributed by atoms with E-state index in [4.69, 9.17) is 11.5 Å². The van der Waals surface area contributed by atoms with Crippen molar-refractivity contribution in [2.75, 3.05) is 46.8 Å². The summed E-state index contributed by atoms with van der Waals surface area (Å²) in [7, 11) is 4.25. The average molecular weight is 1030 g/mol. The van der Waals surface area contributed by atoms with Gasteiger partial charge >= 0.3 is 0 Å². The number of hydrogen-bond acceptors (Lipinski definition) is 4. The quantitative estimate of drug-likeness (QED) is 0.205. The van der Waals surface area contributed by atoms with E-state index >= 15 is 0 Å². The Bertz CT molecular complexity index is 918. The Morgan fingerprint density at radius 3 is 1.08 bits per heavy atom. The van der Waals surface area contributed by atoms with Gasteiger partial charge in [-0.15, -0.1) is 12.1 Å².